The van der Waals surface area contributed by atoms with Crippen LogP contribution in [0.25, 0.3) is 0 Å². The molecule has 0 N–H and O–H groups in total. The fourth-order valence-electron chi connectivity index (χ4n) is 1.37. The average molecular weight is 284 g/mol. The Morgan fingerprint density at radius 2 is 2.12 bits per heavy atom. The molecule has 0 aliphatic rings. The maximum atomic E-state index is 12.8. The minimum Gasteiger partial charge on any atom is -0.293 e. The lowest BCUT2D eigenvalue weighted by Crippen LogP contribution is -2.19. The number of ketones is 1. The molecule has 1 atom stereocenters. The first-order chi connectivity index (χ1) is 7.47. The molecule has 16 heavy (non-hydrogen) atoms. The second kappa shape index (κ2) is 5.22. The monoisotopic (exact) mass is 283 g/mol. The zero-order chi connectivity index (χ0) is 12.3. The van der Waals surface area contributed by atoms with Crippen molar-refractivity contribution >= 4 is 21.7 Å². The third kappa shape index (κ3) is 2.67. The Morgan fingerprint density at radius 1 is 1.50 bits per heavy atom. The summed E-state index contributed by atoms with van der Waals surface area (Å²) in [5, 5.41) is 8.91. The predicted molar refractivity (Wildman–Crippen MR) is 62.4 cm³/mol. The van der Waals surface area contributed by atoms with Gasteiger partial charge in [0.1, 0.15) is 11.7 Å². The van der Waals surface area contributed by atoms with Gasteiger partial charge in [-0.25, -0.2) is 4.39 Å². The molecule has 0 radical (unpaired) electrons. The van der Waals surface area contributed by atoms with Crippen LogP contribution in [0.1, 0.15) is 24.2 Å². The van der Waals surface area contributed by atoms with Gasteiger partial charge >= 0.3 is 0 Å². The second-order valence-corrected chi connectivity index (χ2v) is 4.69. The number of carbonyl (C=O) groups is 1. The van der Waals surface area contributed by atoms with Crippen molar-refractivity contribution in [3.63, 3.8) is 0 Å². The van der Waals surface area contributed by atoms with Crippen LogP contribution in [0, 0.1) is 29.0 Å². The molecular formula is C12H11BrFNO. The smallest absolute Gasteiger partial charge is 0.181 e. The number of halogens is 2. The van der Waals surface area contributed by atoms with Crippen molar-refractivity contribution in [1.82, 2.24) is 0 Å². The molecule has 4 heteroatoms. The normalized spacial score (nSPS) is 12.2. The summed E-state index contributed by atoms with van der Waals surface area (Å²) in [6.07, 6.45) is 0. The van der Waals surface area contributed by atoms with Crippen LogP contribution in [0.3, 0.4) is 0 Å². The van der Waals surface area contributed by atoms with Gasteiger partial charge in [0, 0.05) is 10.0 Å². The van der Waals surface area contributed by atoms with E-state index in [2.05, 4.69) is 15.9 Å². The van der Waals surface area contributed by atoms with Crippen molar-refractivity contribution in [2.24, 2.45) is 11.8 Å². The summed E-state index contributed by atoms with van der Waals surface area (Å²) in [4.78, 5) is 12.0. The van der Waals surface area contributed by atoms with Crippen LogP contribution in [0.15, 0.2) is 22.7 Å². The Balaban J connectivity index is 3.10. The number of Topliss-reactive ketones (excluding diaryl/α,β-unsaturated/α-hetero) is 1. The summed E-state index contributed by atoms with van der Waals surface area (Å²) in [6, 6.07) is 5.81. The molecule has 0 fully saturated rings. The van der Waals surface area contributed by atoms with Crippen LogP contribution >= 0.6 is 15.9 Å². The number of hydrogen-bond donors (Lipinski definition) is 0. The lowest BCUT2D eigenvalue weighted by atomic mass is 9.89. The van der Waals surface area contributed by atoms with Gasteiger partial charge in [0.15, 0.2) is 5.78 Å². The van der Waals surface area contributed by atoms with E-state index in [4.69, 9.17) is 5.26 Å². The molecule has 0 saturated heterocycles. The zero-order valence-electron chi connectivity index (χ0n) is 9.00. The molecule has 0 saturated carbocycles. The summed E-state index contributed by atoms with van der Waals surface area (Å²) in [6.45, 7) is 3.62. The molecule has 0 aliphatic carbocycles. The summed E-state index contributed by atoms with van der Waals surface area (Å²) < 4.78 is 13.2. The molecule has 84 valence electrons. The molecule has 0 bridgehead atoms. The van der Waals surface area contributed by atoms with Crippen molar-refractivity contribution < 1.29 is 9.18 Å². The van der Waals surface area contributed by atoms with Gasteiger partial charge in [-0.15, -0.1) is 0 Å². The lowest BCUT2D eigenvalue weighted by Gasteiger charge is -2.12. The number of carbonyl (C=O) groups excluding carboxylic acids is 1. The highest BCUT2D eigenvalue weighted by molar-refractivity contribution is 9.10. The Kier molecular flexibility index (Phi) is 4.19. The first-order valence-electron chi connectivity index (χ1n) is 4.86. The third-order valence-electron chi connectivity index (χ3n) is 2.28. The van der Waals surface area contributed by atoms with E-state index in [0.29, 0.717) is 10.0 Å². The molecule has 0 aromatic heterocycles. The zero-order valence-corrected chi connectivity index (χ0v) is 10.6. The number of nitriles is 1. The molecule has 0 aliphatic heterocycles. The van der Waals surface area contributed by atoms with Gasteiger partial charge in [0.05, 0.1) is 6.07 Å². The highest BCUT2D eigenvalue weighted by Gasteiger charge is 2.24. The Labute approximate surface area is 102 Å². The quantitative estimate of drug-likeness (QED) is 0.796. The van der Waals surface area contributed by atoms with Crippen molar-refractivity contribution in [2.45, 2.75) is 13.8 Å². The van der Waals surface area contributed by atoms with Crippen LogP contribution in [0.5, 0.6) is 0 Å². The van der Waals surface area contributed by atoms with E-state index in [1.165, 1.54) is 18.2 Å². The van der Waals surface area contributed by atoms with Gasteiger partial charge in [-0.1, -0.05) is 13.8 Å². The van der Waals surface area contributed by atoms with Gasteiger partial charge in [0.2, 0.25) is 0 Å². The Morgan fingerprint density at radius 3 is 2.56 bits per heavy atom. The van der Waals surface area contributed by atoms with Gasteiger partial charge in [-0.05, 0) is 40.0 Å². The summed E-state index contributed by atoms with van der Waals surface area (Å²) in [7, 11) is 0. The van der Waals surface area contributed by atoms with Crippen LogP contribution in [-0.4, -0.2) is 5.78 Å². The number of hydrogen-bond acceptors (Lipinski definition) is 2. The Hall–Kier alpha value is -1.21. The molecule has 1 rings (SSSR count). The Bertz CT molecular complexity index is 451. The molecule has 0 heterocycles. The standard InChI is InChI=1S/C12H11BrFNO/c1-7(2)10(6-15)12(16)9-4-3-8(14)5-11(9)13/h3-5,7,10H,1-2H3. The van der Waals surface area contributed by atoms with E-state index in [9.17, 15) is 9.18 Å². The molecule has 0 spiro atoms. The fraction of sp³-hybridized carbons (Fsp3) is 0.333. The maximum Gasteiger partial charge on any atom is 0.181 e. The van der Waals surface area contributed by atoms with Crippen LogP contribution < -0.4 is 0 Å². The molecular weight excluding hydrogens is 273 g/mol. The minimum atomic E-state index is -0.693. The van der Waals surface area contributed by atoms with E-state index in [1.54, 1.807) is 0 Å². The summed E-state index contributed by atoms with van der Waals surface area (Å²) in [5.74, 6) is -1.44. The van der Waals surface area contributed by atoms with E-state index in [0.717, 1.165) is 0 Å². The van der Waals surface area contributed by atoms with Crippen molar-refractivity contribution in [3.8, 4) is 6.07 Å². The third-order valence-corrected chi connectivity index (χ3v) is 2.94. The summed E-state index contributed by atoms with van der Waals surface area (Å²) >= 11 is 3.12. The van der Waals surface area contributed by atoms with Crippen molar-refractivity contribution in [1.29, 1.82) is 5.26 Å². The molecule has 1 aromatic rings. The van der Waals surface area contributed by atoms with Gasteiger partial charge < -0.3 is 0 Å². The van der Waals surface area contributed by atoms with Gasteiger partial charge in [0.25, 0.3) is 0 Å². The first-order valence-corrected chi connectivity index (χ1v) is 5.65. The van der Waals surface area contributed by atoms with Crippen LogP contribution in [-0.2, 0) is 0 Å². The van der Waals surface area contributed by atoms with E-state index < -0.39 is 11.7 Å². The van der Waals surface area contributed by atoms with E-state index >= 15 is 0 Å². The van der Waals surface area contributed by atoms with Crippen LogP contribution in [0.4, 0.5) is 4.39 Å². The topological polar surface area (TPSA) is 40.9 Å². The molecule has 1 unspecified atom stereocenters. The first kappa shape index (κ1) is 12.9. The van der Waals surface area contributed by atoms with Gasteiger partial charge in [-0.3, -0.25) is 4.79 Å². The predicted octanol–water partition coefficient (Wildman–Crippen LogP) is 3.57. The highest BCUT2D eigenvalue weighted by atomic mass is 79.9. The largest absolute Gasteiger partial charge is 0.293 e. The van der Waals surface area contributed by atoms with Gasteiger partial charge in [-0.2, -0.15) is 5.26 Å². The maximum absolute atomic E-state index is 12.8. The van der Waals surface area contributed by atoms with Crippen LogP contribution in [0.2, 0.25) is 0 Å². The molecule has 2 nitrogen and oxygen atoms in total. The number of rotatable bonds is 3. The highest BCUT2D eigenvalue weighted by Crippen LogP contribution is 2.24. The summed E-state index contributed by atoms with van der Waals surface area (Å²) in [5.41, 5.74) is 0.349. The SMILES string of the molecule is CC(C)C(C#N)C(=O)c1ccc(F)cc1Br. The molecule has 0 amide bonds. The fourth-order valence-corrected chi connectivity index (χ4v) is 1.91. The minimum absolute atomic E-state index is 0.0607. The van der Waals surface area contributed by atoms with E-state index in [-0.39, 0.29) is 11.7 Å². The second-order valence-electron chi connectivity index (χ2n) is 3.84. The van der Waals surface area contributed by atoms with E-state index in [1.807, 2.05) is 19.9 Å². The van der Waals surface area contributed by atoms with Crippen molar-refractivity contribution in [2.75, 3.05) is 0 Å². The average Bonchev–Trinajstić information content (AvgIpc) is 2.17. The lowest BCUT2D eigenvalue weighted by molar-refractivity contribution is 0.0923. The van der Waals surface area contributed by atoms with Crippen molar-refractivity contribution in [3.05, 3.63) is 34.1 Å². The number of nitrogens with zero attached hydrogens (tertiary/aromatic N) is 1. The number of benzene rings is 1. The molecule has 1 aromatic carbocycles.